The van der Waals surface area contributed by atoms with Crippen LogP contribution in [0, 0.1) is 5.82 Å². The number of hydrogen-bond donors (Lipinski definition) is 3. The van der Waals surface area contributed by atoms with Crippen molar-refractivity contribution in [2.24, 2.45) is 0 Å². The summed E-state index contributed by atoms with van der Waals surface area (Å²) in [5, 5.41) is 18.5. The average molecular weight is 582 g/mol. The van der Waals surface area contributed by atoms with Crippen molar-refractivity contribution in [2.75, 3.05) is 5.32 Å². The molecule has 0 aliphatic rings. The molecule has 4 aromatic rings. The van der Waals surface area contributed by atoms with Crippen LogP contribution >= 0.6 is 11.6 Å². The van der Waals surface area contributed by atoms with Crippen LogP contribution in [0.2, 0.25) is 5.15 Å². The molecular formula is C28H25ClFN5O6. The highest BCUT2D eigenvalue weighted by atomic mass is 35.5. The highest BCUT2D eigenvalue weighted by molar-refractivity contribution is 6.29. The van der Waals surface area contributed by atoms with Crippen molar-refractivity contribution in [2.45, 2.75) is 38.8 Å². The van der Waals surface area contributed by atoms with Crippen molar-refractivity contribution < 1.29 is 33.1 Å². The van der Waals surface area contributed by atoms with Gasteiger partial charge in [0.15, 0.2) is 0 Å². The number of amides is 2. The van der Waals surface area contributed by atoms with E-state index >= 15 is 4.39 Å². The largest absolute Gasteiger partial charge is 0.480 e. The summed E-state index contributed by atoms with van der Waals surface area (Å²) >= 11 is 5.79. The minimum atomic E-state index is -1.33. The zero-order valence-corrected chi connectivity index (χ0v) is 22.9. The number of carboxylic acid groups (broad SMARTS) is 1. The molecule has 41 heavy (non-hydrogen) atoms. The zero-order valence-electron chi connectivity index (χ0n) is 22.1. The molecule has 0 aliphatic heterocycles. The molecule has 0 spiro atoms. The number of ether oxygens (including phenoxy) is 1. The zero-order chi connectivity index (χ0) is 29.7. The maximum Gasteiger partial charge on any atom is 0.412 e. The molecule has 2 aromatic carbocycles. The quantitative estimate of drug-likeness (QED) is 0.233. The third kappa shape index (κ3) is 7.85. The monoisotopic (exact) mass is 581 g/mol. The van der Waals surface area contributed by atoms with Crippen LogP contribution < -0.4 is 10.6 Å². The second kappa shape index (κ2) is 12.1. The van der Waals surface area contributed by atoms with E-state index in [1.54, 1.807) is 45.0 Å². The number of halogens is 2. The topological polar surface area (TPSA) is 157 Å². The number of aromatic nitrogens is 3. The summed E-state index contributed by atoms with van der Waals surface area (Å²) in [5.74, 6) is -2.55. The lowest BCUT2D eigenvalue weighted by atomic mass is 10.0. The lowest BCUT2D eigenvalue weighted by Gasteiger charge is -2.19. The number of carbonyl (C=O) groups excluding carboxylic acids is 2. The molecule has 1 unspecified atom stereocenters. The summed E-state index contributed by atoms with van der Waals surface area (Å²) in [6.07, 6.45) is 0.543. The van der Waals surface area contributed by atoms with Crippen LogP contribution in [0.3, 0.4) is 0 Å². The fourth-order valence-corrected chi connectivity index (χ4v) is 3.83. The standard InChI is InChI=1S/C28H25ClFN5O6/c1-28(2,3)40-27(39)32-18-7-5-16(6-8-18)25-34-23(35-41-25)19-9-4-15(12-20(19)30)13-21(26(37)38)33-24(36)17-10-11-31-22(29)14-17/h4-12,14,21H,13H2,1-3H3,(H,32,39)(H,33,36)(H,37,38). The lowest BCUT2D eigenvalue weighted by molar-refractivity contribution is -0.139. The molecule has 0 saturated heterocycles. The first-order chi connectivity index (χ1) is 19.4. The molecular weight excluding hydrogens is 557 g/mol. The molecule has 0 radical (unpaired) electrons. The van der Waals surface area contributed by atoms with Crippen molar-refractivity contribution in [1.82, 2.24) is 20.4 Å². The third-order valence-corrected chi connectivity index (χ3v) is 5.72. The van der Waals surface area contributed by atoms with E-state index in [0.29, 0.717) is 16.8 Å². The number of hydrogen-bond acceptors (Lipinski definition) is 8. The van der Waals surface area contributed by atoms with Crippen molar-refractivity contribution >= 4 is 35.3 Å². The molecule has 0 aliphatic carbocycles. The predicted octanol–water partition coefficient (Wildman–Crippen LogP) is 5.36. The summed E-state index contributed by atoms with van der Waals surface area (Å²) in [6, 6.07) is 12.0. The van der Waals surface area contributed by atoms with Crippen molar-refractivity contribution in [3.05, 3.63) is 82.9 Å². The molecule has 2 aromatic heterocycles. The Morgan fingerprint density at radius 1 is 1.10 bits per heavy atom. The van der Waals surface area contributed by atoms with Crippen LogP contribution in [0.15, 0.2) is 65.3 Å². The van der Waals surface area contributed by atoms with Gasteiger partial charge in [0.2, 0.25) is 5.82 Å². The van der Waals surface area contributed by atoms with E-state index in [0.717, 1.165) is 6.07 Å². The molecule has 2 heterocycles. The van der Waals surface area contributed by atoms with E-state index in [-0.39, 0.29) is 34.4 Å². The Bertz CT molecular complexity index is 1590. The smallest absolute Gasteiger partial charge is 0.412 e. The molecule has 0 fully saturated rings. The van der Waals surface area contributed by atoms with Crippen LogP contribution in [0.25, 0.3) is 22.8 Å². The van der Waals surface area contributed by atoms with Gasteiger partial charge in [0, 0.05) is 29.4 Å². The molecule has 13 heteroatoms. The van der Waals surface area contributed by atoms with Gasteiger partial charge in [-0.2, -0.15) is 4.98 Å². The summed E-state index contributed by atoms with van der Waals surface area (Å²) in [6.45, 7) is 5.27. The Balaban J connectivity index is 1.43. The molecule has 4 rings (SSSR count). The fraction of sp³-hybridized carbons (Fsp3) is 0.214. The number of pyridine rings is 1. The second-order valence-electron chi connectivity index (χ2n) is 9.88. The Morgan fingerprint density at radius 2 is 1.83 bits per heavy atom. The molecule has 3 N–H and O–H groups in total. The first kappa shape index (κ1) is 29.2. The van der Waals surface area contributed by atoms with Gasteiger partial charge in [-0.25, -0.2) is 19.0 Å². The van der Waals surface area contributed by atoms with Crippen molar-refractivity contribution in [3.8, 4) is 22.8 Å². The lowest BCUT2D eigenvalue weighted by Crippen LogP contribution is -2.42. The number of anilines is 1. The fourth-order valence-electron chi connectivity index (χ4n) is 3.66. The molecule has 212 valence electrons. The normalized spacial score (nSPS) is 11.9. The maximum atomic E-state index is 15.0. The number of rotatable bonds is 8. The Hall–Kier alpha value is -4.84. The summed E-state index contributed by atoms with van der Waals surface area (Å²) in [7, 11) is 0. The Kier molecular flexibility index (Phi) is 8.62. The van der Waals surface area contributed by atoms with Gasteiger partial charge in [-0.3, -0.25) is 10.1 Å². The number of carboxylic acids is 1. The summed E-state index contributed by atoms with van der Waals surface area (Å²) in [5.41, 5.74) is 0.884. The van der Waals surface area contributed by atoms with Crippen LogP contribution in [-0.2, 0) is 16.0 Å². The van der Waals surface area contributed by atoms with Gasteiger partial charge in [0.25, 0.3) is 11.8 Å². The van der Waals surface area contributed by atoms with Gasteiger partial charge < -0.3 is 19.7 Å². The van der Waals surface area contributed by atoms with Crippen LogP contribution in [0.4, 0.5) is 14.9 Å². The van der Waals surface area contributed by atoms with Gasteiger partial charge in [-0.1, -0.05) is 22.8 Å². The van der Waals surface area contributed by atoms with Gasteiger partial charge in [-0.15, -0.1) is 0 Å². The van der Waals surface area contributed by atoms with Crippen LogP contribution in [-0.4, -0.2) is 49.8 Å². The molecule has 11 nitrogen and oxygen atoms in total. The first-order valence-corrected chi connectivity index (χ1v) is 12.6. The Morgan fingerprint density at radius 3 is 2.46 bits per heavy atom. The number of nitrogens with one attached hydrogen (secondary N) is 2. The van der Waals surface area contributed by atoms with E-state index in [2.05, 4.69) is 25.8 Å². The predicted molar refractivity (Wildman–Crippen MR) is 147 cm³/mol. The number of nitrogens with zero attached hydrogens (tertiary/aromatic N) is 3. The number of carbonyl (C=O) groups is 3. The summed E-state index contributed by atoms with van der Waals surface area (Å²) < 4.78 is 25.5. The summed E-state index contributed by atoms with van der Waals surface area (Å²) in [4.78, 5) is 44.2. The molecule has 0 bridgehead atoms. The van der Waals surface area contributed by atoms with E-state index in [9.17, 15) is 19.5 Å². The SMILES string of the molecule is CC(C)(C)OC(=O)Nc1ccc(-c2nc(-c3ccc(CC(NC(=O)c4ccnc(Cl)c4)C(=O)O)cc3F)no2)cc1. The van der Waals surface area contributed by atoms with E-state index < -0.39 is 35.4 Å². The van der Waals surface area contributed by atoms with E-state index in [4.69, 9.17) is 20.9 Å². The highest BCUT2D eigenvalue weighted by Crippen LogP contribution is 2.26. The van der Waals surface area contributed by atoms with Gasteiger partial charge in [0.05, 0.1) is 5.56 Å². The molecule has 0 saturated carbocycles. The third-order valence-electron chi connectivity index (χ3n) is 5.51. The maximum absolute atomic E-state index is 15.0. The van der Waals surface area contributed by atoms with Crippen molar-refractivity contribution in [1.29, 1.82) is 0 Å². The number of benzene rings is 2. The van der Waals surface area contributed by atoms with Gasteiger partial charge in [-0.05, 0) is 74.9 Å². The molecule has 2 amide bonds. The first-order valence-electron chi connectivity index (χ1n) is 12.3. The van der Waals surface area contributed by atoms with E-state index in [1.165, 1.54) is 30.5 Å². The van der Waals surface area contributed by atoms with Crippen molar-refractivity contribution in [3.63, 3.8) is 0 Å². The minimum absolute atomic E-state index is 0.0161. The van der Waals surface area contributed by atoms with Crippen LogP contribution in [0.1, 0.15) is 36.7 Å². The van der Waals surface area contributed by atoms with E-state index in [1.807, 2.05) is 0 Å². The average Bonchev–Trinajstić information content (AvgIpc) is 3.37. The highest BCUT2D eigenvalue weighted by Gasteiger charge is 2.23. The second-order valence-corrected chi connectivity index (χ2v) is 10.3. The molecule has 1 atom stereocenters. The minimum Gasteiger partial charge on any atom is -0.480 e. The Labute approximate surface area is 238 Å². The van der Waals surface area contributed by atoms with Gasteiger partial charge >= 0.3 is 12.1 Å². The van der Waals surface area contributed by atoms with Gasteiger partial charge in [0.1, 0.15) is 22.6 Å². The number of aliphatic carboxylic acids is 1. The van der Waals surface area contributed by atoms with Crippen LogP contribution in [0.5, 0.6) is 0 Å².